The topological polar surface area (TPSA) is 71.7 Å². The first kappa shape index (κ1) is 19.8. The van der Waals surface area contributed by atoms with Gasteiger partial charge >= 0.3 is 0 Å². The Hall–Kier alpha value is -1.56. The maximum atomic E-state index is 5.44. The van der Waals surface area contributed by atoms with Crippen LogP contribution >= 0.6 is 0 Å². The fraction of sp³-hybridized carbons (Fsp3) is 0.789. The molecule has 1 aliphatic carbocycles. The molecule has 0 bridgehead atoms. The van der Waals surface area contributed by atoms with Crippen molar-refractivity contribution in [3.05, 3.63) is 17.0 Å². The van der Waals surface area contributed by atoms with Crippen LogP contribution < -0.4 is 10.6 Å². The highest BCUT2D eigenvalue weighted by Gasteiger charge is 2.36. The van der Waals surface area contributed by atoms with Crippen LogP contribution in [-0.2, 0) is 24.1 Å². The van der Waals surface area contributed by atoms with Crippen molar-refractivity contribution in [1.82, 2.24) is 15.8 Å². The van der Waals surface area contributed by atoms with Gasteiger partial charge in [-0.1, -0.05) is 25.4 Å². The highest BCUT2D eigenvalue weighted by molar-refractivity contribution is 5.79. The van der Waals surface area contributed by atoms with Gasteiger partial charge in [0.1, 0.15) is 5.76 Å². The van der Waals surface area contributed by atoms with Gasteiger partial charge in [-0.25, -0.2) is 4.99 Å². The summed E-state index contributed by atoms with van der Waals surface area (Å²) in [7, 11) is 1.78. The second-order valence-electron chi connectivity index (χ2n) is 6.88. The molecule has 1 heterocycles. The largest absolute Gasteiger partial charge is 0.385 e. The van der Waals surface area contributed by atoms with Crippen molar-refractivity contribution in [3.8, 4) is 0 Å². The van der Waals surface area contributed by atoms with Crippen LogP contribution in [0.15, 0.2) is 9.52 Å². The van der Waals surface area contributed by atoms with Crippen LogP contribution in [-0.4, -0.2) is 37.9 Å². The standard InChI is InChI=1S/C19H34N4O2/c1-5-16-15(17(6-2)25-23-16)13-21-18(20-7-3)22-14-19(9-8-10-19)11-12-24-4/h5-14H2,1-4H3,(H2,20,21,22). The van der Waals surface area contributed by atoms with Crippen LogP contribution in [0.1, 0.15) is 63.5 Å². The molecule has 0 amide bonds. The number of nitrogens with one attached hydrogen (secondary N) is 2. The molecule has 2 N–H and O–H groups in total. The Morgan fingerprint density at radius 1 is 1.24 bits per heavy atom. The molecule has 6 nitrogen and oxygen atoms in total. The van der Waals surface area contributed by atoms with Crippen molar-refractivity contribution in [2.75, 3.05) is 26.8 Å². The first-order valence-corrected chi connectivity index (χ1v) is 9.65. The third-order valence-electron chi connectivity index (χ3n) is 5.23. The van der Waals surface area contributed by atoms with Gasteiger partial charge in [-0.3, -0.25) is 0 Å². The number of nitrogens with zero attached hydrogens (tertiary/aromatic N) is 2. The molecule has 1 aromatic heterocycles. The third kappa shape index (κ3) is 5.21. The predicted octanol–water partition coefficient (Wildman–Crippen LogP) is 3.06. The van der Waals surface area contributed by atoms with E-state index in [4.69, 9.17) is 14.3 Å². The number of methoxy groups -OCH3 is 1. The molecule has 1 saturated carbocycles. The normalized spacial score (nSPS) is 16.6. The number of aryl methyl sites for hydroxylation is 2. The molecular weight excluding hydrogens is 316 g/mol. The second kappa shape index (κ2) is 9.80. The first-order valence-electron chi connectivity index (χ1n) is 9.65. The second-order valence-corrected chi connectivity index (χ2v) is 6.88. The Morgan fingerprint density at radius 3 is 2.60 bits per heavy atom. The Balaban J connectivity index is 2.00. The van der Waals surface area contributed by atoms with Crippen molar-refractivity contribution in [1.29, 1.82) is 0 Å². The summed E-state index contributed by atoms with van der Waals surface area (Å²) >= 11 is 0. The number of hydrogen-bond acceptors (Lipinski definition) is 4. The van der Waals surface area contributed by atoms with Gasteiger partial charge in [0.25, 0.3) is 0 Å². The minimum Gasteiger partial charge on any atom is -0.385 e. The Bertz CT molecular complexity index is 528. The average Bonchev–Trinajstić information content (AvgIpc) is 3.00. The van der Waals surface area contributed by atoms with Gasteiger partial charge < -0.3 is 19.9 Å². The van der Waals surface area contributed by atoms with E-state index in [0.29, 0.717) is 12.0 Å². The van der Waals surface area contributed by atoms with E-state index in [-0.39, 0.29) is 0 Å². The zero-order valence-electron chi connectivity index (χ0n) is 16.3. The van der Waals surface area contributed by atoms with E-state index in [1.165, 1.54) is 19.3 Å². The van der Waals surface area contributed by atoms with E-state index in [1.54, 1.807) is 7.11 Å². The van der Waals surface area contributed by atoms with Crippen LogP contribution in [0.3, 0.4) is 0 Å². The molecule has 142 valence electrons. The number of hydrogen-bond donors (Lipinski definition) is 2. The minimum absolute atomic E-state index is 0.368. The molecule has 0 unspecified atom stereocenters. The fourth-order valence-corrected chi connectivity index (χ4v) is 3.40. The average molecular weight is 351 g/mol. The zero-order valence-corrected chi connectivity index (χ0v) is 16.3. The van der Waals surface area contributed by atoms with Gasteiger partial charge in [0.05, 0.1) is 12.2 Å². The Morgan fingerprint density at radius 2 is 2.04 bits per heavy atom. The van der Waals surface area contributed by atoms with E-state index in [9.17, 15) is 0 Å². The third-order valence-corrected chi connectivity index (χ3v) is 5.23. The number of ether oxygens (including phenoxy) is 1. The molecule has 1 aliphatic rings. The highest BCUT2D eigenvalue weighted by Crippen LogP contribution is 2.43. The quantitative estimate of drug-likeness (QED) is 0.501. The molecule has 6 heteroatoms. The van der Waals surface area contributed by atoms with E-state index in [1.807, 2.05) is 0 Å². The number of guanidine groups is 1. The van der Waals surface area contributed by atoms with Crippen molar-refractivity contribution in [3.63, 3.8) is 0 Å². The first-order chi connectivity index (χ1) is 12.2. The highest BCUT2D eigenvalue weighted by atomic mass is 16.5. The van der Waals surface area contributed by atoms with Crippen LogP contribution in [0, 0.1) is 5.41 Å². The lowest BCUT2D eigenvalue weighted by molar-refractivity contribution is 0.0732. The summed E-state index contributed by atoms with van der Waals surface area (Å²) in [4.78, 5) is 4.78. The summed E-state index contributed by atoms with van der Waals surface area (Å²) in [5, 5.41) is 11.1. The summed E-state index contributed by atoms with van der Waals surface area (Å²) in [6.07, 6.45) is 6.70. The summed E-state index contributed by atoms with van der Waals surface area (Å²) in [6, 6.07) is 0. The summed E-state index contributed by atoms with van der Waals surface area (Å²) in [5.74, 6) is 1.82. The Labute approximate surface area is 151 Å². The van der Waals surface area contributed by atoms with Crippen LogP contribution in [0.2, 0.25) is 0 Å². The molecule has 25 heavy (non-hydrogen) atoms. The molecular formula is C19H34N4O2. The zero-order chi connectivity index (χ0) is 18.1. The van der Waals surface area contributed by atoms with E-state index < -0.39 is 0 Å². The lowest BCUT2D eigenvalue weighted by atomic mass is 9.67. The van der Waals surface area contributed by atoms with Crippen molar-refractivity contribution < 1.29 is 9.26 Å². The summed E-state index contributed by atoms with van der Waals surface area (Å²) < 4.78 is 10.7. The van der Waals surface area contributed by atoms with Crippen LogP contribution in [0.4, 0.5) is 0 Å². The van der Waals surface area contributed by atoms with Crippen LogP contribution in [0.5, 0.6) is 0 Å². The van der Waals surface area contributed by atoms with Gasteiger partial charge in [0, 0.05) is 38.8 Å². The van der Waals surface area contributed by atoms with Gasteiger partial charge in [0.15, 0.2) is 5.96 Å². The molecule has 0 spiro atoms. The van der Waals surface area contributed by atoms with Crippen molar-refractivity contribution in [2.45, 2.75) is 65.8 Å². The SMILES string of the molecule is CCNC(=NCc1c(CC)noc1CC)NCC1(CCOC)CCC1. The van der Waals surface area contributed by atoms with Crippen molar-refractivity contribution in [2.24, 2.45) is 10.4 Å². The van der Waals surface area contributed by atoms with Gasteiger partial charge in [-0.2, -0.15) is 0 Å². The van der Waals surface area contributed by atoms with Gasteiger partial charge in [-0.15, -0.1) is 0 Å². The van der Waals surface area contributed by atoms with Gasteiger partial charge in [0.2, 0.25) is 0 Å². The molecule has 0 saturated heterocycles. The predicted molar refractivity (Wildman–Crippen MR) is 101 cm³/mol. The lowest BCUT2D eigenvalue weighted by Crippen LogP contribution is -2.47. The van der Waals surface area contributed by atoms with Gasteiger partial charge in [-0.05, 0) is 38.0 Å². The molecule has 1 fully saturated rings. The molecule has 0 aromatic carbocycles. The maximum absolute atomic E-state index is 5.44. The minimum atomic E-state index is 0.368. The molecule has 0 atom stereocenters. The summed E-state index contributed by atoms with van der Waals surface area (Å²) in [6.45, 7) is 9.52. The molecule has 0 radical (unpaired) electrons. The maximum Gasteiger partial charge on any atom is 0.191 e. The van der Waals surface area contributed by atoms with E-state index in [2.05, 4.69) is 36.6 Å². The number of rotatable bonds is 10. The van der Waals surface area contributed by atoms with Crippen LogP contribution in [0.25, 0.3) is 0 Å². The smallest absolute Gasteiger partial charge is 0.191 e. The molecule has 0 aliphatic heterocycles. The summed E-state index contributed by atoms with van der Waals surface area (Å²) in [5.41, 5.74) is 2.53. The lowest BCUT2D eigenvalue weighted by Gasteiger charge is -2.42. The number of aliphatic imine (C=N–C) groups is 1. The Kier molecular flexibility index (Phi) is 7.75. The van der Waals surface area contributed by atoms with E-state index in [0.717, 1.165) is 61.9 Å². The monoisotopic (exact) mass is 350 g/mol. The molecule has 2 rings (SSSR count). The van der Waals surface area contributed by atoms with Crippen molar-refractivity contribution >= 4 is 5.96 Å². The van der Waals surface area contributed by atoms with E-state index >= 15 is 0 Å². The fourth-order valence-electron chi connectivity index (χ4n) is 3.40. The molecule has 1 aromatic rings. The number of aromatic nitrogens is 1.